The fourth-order valence-electron chi connectivity index (χ4n) is 4.76. The summed E-state index contributed by atoms with van der Waals surface area (Å²) in [5.74, 6) is 0.467. The molecule has 0 spiro atoms. The van der Waals surface area contributed by atoms with Crippen LogP contribution >= 0.6 is 0 Å². The minimum Gasteiger partial charge on any atom is -0.493 e. The molecule has 3 aliphatic rings. The summed E-state index contributed by atoms with van der Waals surface area (Å²) in [7, 11) is 0. The van der Waals surface area contributed by atoms with Crippen molar-refractivity contribution < 1.29 is 14.6 Å². The summed E-state index contributed by atoms with van der Waals surface area (Å²) in [6.45, 7) is 0.742. The molecule has 0 fully saturated rings. The third-order valence-electron chi connectivity index (χ3n) is 6.02. The highest BCUT2D eigenvalue weighted by atomic mass is 16.5. The van der Waals surface area contributed by atoms with Gasteiger partial charge in [0.1, 0.15) is 5.75 Å². The molecule has 0 saturated heterocycles. The van der Waals surface area contributed by atoms with Crippen molar-refractivity contribution in [1.29, 1.82) is 0 Å². The predicted octanol–water partition coefficient (Wildman–Crippen LogP) is 4.15. The van der Waals surface area contributed by atoms with Gasteiger partial charge in [0.2, 0.25) is 0 Å². The van der Waals surface area contributed by atoms with Crippen LogP contribution in [0, 0.1) is 0 Å². The Hall–Kier alpha value is -2.33. The minimum absolute atomic E-state index is 0.198. The number of carboxylic acids is 1. The Bertz CT molecular complexity index is 846. The topological polar surface area (TPSA) is 72.6 Å². The fraction of sp³-hybridized carbons (Fsp3) is 0.435. The van der Waals surface area contributed by atoms with E-state index in [1.165, 1.54) is 40.7 Å². The highest BCUT2D eigenvalue weighted by Crippen LogP contribution is 2.43. The number of nitrogens with two attached hydrogens (primary N) is 1. The van der Waals surface area contributed by atoms with E-state index in [9.17, 15) is 4.79 Å². The Kier molecular flexibility index (Phi) is 5.17. The van der Waals surface area contributed by atoms with Gasteiger partial charge in [-0.1, -0.05) is 30.3 Å². The van der Waals surface area contributed by atoms with E-state index in [2.05, 4.69) is 30.3 Å². The summed E-state index contributed by atoms with van der Waals surface area (Å²) in [5, 5.41) is 8.92. The lowest BCUT2D eigenvalue weighted by molar-refractivity contribution is -0.137. The first-order valence-corrected chi connectivity index (χ1v) is 9.96. The lowest BCUT2D eigenvalue weighted by Crippen LogP contribution is -2.16. The molecule has 2 atom stereocenters. The van der Waals surface area contributed by atoms with Gasteiger partial charge in [-0.05, 0) is 66.3 Å². The van der Waals surface area contributed by atoms with Gasteiger partial charge < -0.3 is 15.6 Å². The maximum Gasteiger partial charge on any atom is 0.303 e. The number of aryl methyl sites for hydroxylation is 2. The van der Waals surface area contributed by atoms with E-state index < -0.39 is 5.97 Å². The Labute approximate surface area is 160 Å². The van der Waals surface area contributed by atoms with E-state index in [0.29, 0.717) is 6.04 Å². The molecule has 4 nitrogen and oxygen atoms in total. The summed E-state index contributed by atoms with van der Waals surface area (Å²) >= 11 is 0. The van der Waals surface area contributed by atoms with Crippen molar-refractivity contribution in [2.75, 3.05) is 6.61 Å². The maximum atomic E-state index is 10.8. The van der Waals surface area contributed by atoms with Gasteiger partial charge in [-0.25, -0.2) is 0 Å². The number of carboxylic acid groups (broad SMARTS) is 1. The lowest BCUT2D eigenvalue weighted by atomic mass is 9.88. The van der Waals surface area contributed by atoms with Crippen LogP contribution in [0.15, 0.2) is 36.4 Å². The Morgan fingerprint density at radius 1 is 1.07 bits per heavy atom. The SMILES string of the molecule is N[C@H]1CCCc2ccccc21.O=C(O)C[C@H]1CCc2ccc3c(c21)CCO3. The van der Waals surface area contributed by atoms with E-state index in [1.54, 1.807) is 0 Å². The Morgan fingerprint density at radius 3 is 2.74 bits per heavy atom. The first kappa shape index (κ1) is 18.1. The first-order valence-electron chi connectivity index (χ1n) is 9.96. The average molecular weight is 365 g/mol. The van der Waals surface area contributed by atoms with Gasteiger partial charge >= 0.3 is 5.97 Å². The van der Waals surface area contributed by atoms with Crippen LogP contribution in [0.2, 0.25) is 0 Å². The van der Waals surface area contributed by atoms with Crippen LogP contribution < -0.4 is 10.5 Å². The monoisotopic (exact) mass is 365 g/mol. The Balaban J connectivity index is 0.000000143. The number of ether oxygens (including phenoxy) is 1. The molecule has 1 aliphatic heterocycles. The molecule has 0 aromatic heterocycles. The minimum atomic E-state index is -0.700. The Morgan fingerprint density at radius 2 is 1.93 bits per heavy atom. The van der Waals surface area contributed by atoms with Crippen LogP contribution in [0.25, 0.3) is 0 Å². The van der Waals surface area contributed by atoms with Gasteiger partial charge in [-0.3, -0.25) is 4.79 Å². The fourth-order valence-corrected chi connectivity index (χ4v) is 4.76. The maximum absolute atomic E-state index is 10.8. The molecule has 5 rings (SSSR count). The molecule has 2 aromatic carbocycles. The summed E-state index contributed by atoms with van der Waals surface area (Å²) in [5.41, 5.74) is 12.6. The zero-order chi connectivity index (χ0) is 18.8. The van der Waals surface area contributed by atoms with E-state index >= 15 is 0 Å². The summed E-state index contributed by atoms with van der Waals surface area (Å²) in [6.07, 6.45) is 6.79. The zero-order valence-electron chi connectivity index (χ0n) is 15.6. The molecule has 0 amide bonds. The predicted molar refractivity (Wildman–Crippen MR) is 105 cm³/mol. The average Bonchev–Trinajstić information content (AvgIpc) is 3.29. The van der Waals surface area contributed by atoms with Crippen LogP contribution in [-0.2, 0) is 24.1 Å². The molecule has 27 heavy (non-hydrogen) atoms. The quantitative estimate of drug-likeness (QED) is 0.839. The summed E-state index contributed by atoms with van der Waals surface area (Å²) in [6, 6.07) is 12.9. The molecular formula is C23H27NO3. The van der Waals surface area contributed by atoms with Crippen LogP contribution in [0.3, 0.4) is 0 Å². The highest BCUT2D eigenvalue weighted by molar-refractivity contribution is 5.69. The molecule has 2 aromatic rings. The van der Waals surface area contributed by atoms with Crippen LogP contribution in [0.1, 0.15) is 65.5 Å². The molecule has 4 heteroatoms. The second-order valence-corrected chi connectivity index (χ2v) is 7.74. The standard InChI is InChI=1S/C13H14O3.C10H13N/c14-12(15)7-9-2-1-8-3-4-11-10(13(8)9)5-6-16-11;11-10-7-3-5-8-4-1-2-6-9(8)10/h3-4,9H,1-2,5-7H2,(H,14,15);1-2,4,6,10H,3,5,7,11H2/t9-;10-/m10/s1. The van der Waals surface area contributed by atoms with Crippen LogP contribution in [0.5, 0.6) is 5.75 Å². The van der Waals surface area contributed by atoms with Gasteiger partial charge in [-0.15, -0.1) is 0 Å². The van der Waals surface area contributed by atoms with Crippen molar-refractivity contribution in [3.63, 3.8) is 0 Å². The van der Waals surface area contributed by atoms with Crippen molar-refractivity contribution in [3.8, 4) is 5.75 Å². The van der Waals surface area contributed by atoms with E-state index in [-0.39, 0.29) is 12.3 Å². The van der Waals surface area contributed by atoms with Crippen molar-refractivity contribution in [3.05, 3.63) is 64.2 Å². The van der Waals surface area contributed by atoms with Crippen molar-refractivity contribution >= 4 is 5.97 Å². The molecule has 1 heterocycles. The van der Waals surface area contributed by atoms with Gasteiger partial charge in [0.25, 0.3) is 0 Å². The van der Waals surface area contributed by atoms with Gasteiger partial charge in [-0.2, -0.15) is 0 Å². The van der Waals surface area contributed by atoms with Gasteiger partial charge in [0, 0.05) is 18.0 Å². The largest absolute Gasteiger partial charge is 0.493 e. The summed E-state index contributed by atoms with van der Waals surface area (Å²) < 4.78 is 5.53. The third-order valence-corrected chi connectivity index (χ3v) is 6.02. The van der Waals surface area contributed by atoms with Gasteiger partial charge in [0.05, 0.1) is 13.0 Å². The molecule has 0 radical (unpaired) electrons. The smallest absolute Gasteiger partial charge is 0.303 e. The second kappa shape index (κ2) is 7.73. The number of benzene rings is 2. The molecular weight excluding hydrogens is 338 g/mol. The van der Waals surface area contributed by atoms with Crippen LogP contribution in [0.4, 0.5) is 0 Å². The lowest BCUT2D eigenvalue weighted by Gasteiger charge is -2.21. The highest BCUT2D eigenvalue weighted by Gasteiger charge is 2.30. The normalized spacial score (nSPS) is 22.0. The van der Waals surface area contributed by atoms with Crippen LogP contribution in [-0.4, -0.2) is 17.7 Å². The molecule has 3 N–H and O–H groups in total. The first-order chi connectivity index (χ1) is 13.1. The molecule has 0 bridgehead atoms. The van der Waals surface area contributed by atoms with Crippen molar-refractivity contribution in [2.24, 2.45) is 5.73 Å². The number of hydrogen-bond acceptors (Lipinski definition) is 3. The molecule has 0 unspecified atom stereocenters. The third kappa shape index (κ3) is 3.72. The number of rotatable bonds is 2. The van der Waals surface area contributed by atoms with Gasteiger partial charge in [0.15, 0.2) is 0 Å². The number of hydrogen-bond donors (Lipinski definition) is 2. The summed E-state index contributed by atoms with van der Waals surface area (Å²) in [4.78, 5) is 10.8. The zero-order valence-corrected chi connectivity index (χ0v) is 15.6. The second-order valence-electron chi connectivity index (χ2n) is 7.74. The van der Waals surface area contributed by atoms with Crippen molar-refractivity contribution in [1.82, 2.24) is 0 Å². The molecule has 142 valence electrons. The molecule has 2 aliphatic carbocycles. The number of carbonyl (C=O) groups is 1. The van der Waals surface area contributed by atoms with E-state index in [0.717, 1.165) is 38.0 Å². The number of fused-ring (bicyclic) bond motifs is 4. The van der Waals surface area contributed by atoms with E-state index in [1.807, 2.05) is 6.07 Å². The number of aliphatic carboxylic acids is 1. The van der Waals surface area contributed by atoms with Crippen molar-refractivity contribution in [2.45, 2.75) is 56.9 Å². The van der Waals surface area contributed by atoms with E-state index in [4.69, 9.17) is 15.6 Å². The molecule has 0 saturated carbocycles.